The Morgan fingerprint density at radius 3 is 2.46 bits per heavy atom. The normalized spacial score (nSPS) is 11.6. The fourth-order valence-corrected chi connectivity index (χ4v) is 4.45. The summed E-state index contributed by atoms with van der Waals surface area (Å²) in [5, 5.41) is 18.8. The number of benzene rings is 2. The minimum atomic E-state index is -4.52. The van der Waals surface area contributed by atoms with Gasteiger partial charge >= 0.3 is 6.18 Å². The standard InChI is InChI=1S/C24H15F3N4O3S/c25-24(26,27)20-18(15-4-2-1-3-5-15)10-19(35-20)22-29-21(30-34-22)16-8-6-14(7-9-16)12-31-13-17(11-28-31)23(32)33/h1-11,13H,12H2,(H,32,33)/p-1. The number of halogens is 3. The van der Waals surface area contributed by atoms with E-state index in [1.165, 1.54) is 23.1 Å². The van der Waals surface area contributed by atoms with Gasteiger partial charge in [-0.25, -0.2) is 0 Å². The van der Waals surface area contributed by atoms with E-state index < -0.39 is 17.0 Å². The van der Waals surface area contributed by atoms with Crippen molar-refractivity contribution in [2.45, 2.75) is 12.7 Å². The second-order valence-corrected chi connectivity index (χ2v) is 8.60. The highest BCUT2D eigenvalue weighted by molar-refractivity contribution is 7.16. The number of aromatic carboxylic acids is 1. The maximum Gasteiger partial charge on any atom is 0.426 e. The van der Waals surface area contributed by atoms with Gasteiger partial charge in [-0.3, -0.25) is 4.68 Å². The molecule has 2 aromatic carbocycles. The van der Waals surface area contributed by atoms with E-state index in [0.29, 0.717) is 29.0 Å². The van der Waals surface area contributed by atoms with Crippen molar-refractivity contribution >= 4 is 17.3 Å². The van der Waals surface area contributed by atoms with Crippen LogP contribution in [0.2, 0.25) is 0 Å². The first-order valence-electron chi connectivity index (χ1n) is 10.2. The quantitative estimate of drug-likeness (QED) is 0.337. The van der Waals surface area contributed by atoms with Gasteiger partial charge in [0.15, 0.2) is 0 Å². The van der Waals surface area contributed by atoms with Gasteiger partial charge in [0.2, 0.25) is 5.82 Å². The van der Waals surface area contributed by atoms with Crippen LogP contribution in [-0.2, 0) is 12.7 Å². The van der Waals surface area contributed by atoms with Crippen LogP contribution in [-0.4, -0.2) is 25.9 Å². The first kappa shape index (κ1) is 22.5. The molecule has 0 saturated heterocycles. The van der Waals surface area contributed by atoms with Crippen molar-refractivity contribution in [2.24, 2.45) is 0 Å². The lowest BCUT2D eigenvalue weighted by molar-refractivity contribution is -0.255. The van der Waals surface area contributed by atoms with Gasteiger partial charge < -0.3 is 14.4 Å². The monoisotopic (exact) mass is 495 g/mol. The molecule has 0 aliphatic heterocycles. The zero-order valence-corrected chi connectivity index (χ0v) is 18.5. The van der Waals surface area contributed by atoms with E-state index >= 15 is 0 Å². The van der Waals surface area contributed by atoms with E-state index in [-0.39, 0.29) is 27.7 Å². The number of carbonyl (C=O) groups excluding carboxylic acids is 1. The number of alkyl halides is 3. The predicted octanol–water partition coefficient (Wildman–Crippen LogP) is 4.76. The van der Waals surface area contributed by atoms with Crippen molar-refractivity contribution in [3.05, 3.63) is 89.1 Å². The number of hydrogen-bond acceptors (Lipinski definition) is 7. The predicted molar refractivity (Wildman–Crippen MR) is 119 cm³/mol. The van der Waals surface area contributed by atoms with Crippen molar-refractivity contribution in [3.63, 3.8) is 0 Å². The third-order valence-corrected chi connectivity index (χ3v) is 6.30. The Morgan fingerprint density at radius 1 is 1.06 bits per heavy atom. The molecule has 0 atom stereocenters. The summed E-state index contributed by atoms with van der Waals surface area (Å²) < 4.78 is 47.8. The molecule has 0 bridgehead atoms. The Balaban J connectivity index is 1.39. The molecule has 3 aromatic heterocycles. The highest BCUT2D eigenvalue weighted by Gasteiger charge is 2.37. The van der Waals surface area contributed by atoms with Gasteiger partial charge in [0.25, 0.3) is 5.89 Å². The molecule has 0 aliphatic carbocycles. The number of thiophene rings is 1. The Morgan fingerprint density at radius 2 is 1.80 bits per heavy atom. The molecular weight excluding hydrogens is 481 g/mol. The van der Waals surface area contributed by atoms with Gasteiger partial charge in [0, 0.05) is 22.9 Å². The van der Waals surface area contributed by atoms with Crippen LogP contribution < -0.4 is 5.11 Å². The zero-order valence-electron chi connectivity index (χ0n) is 17.7. The van der Waals surface area contributed by atoms with Gasteiger partial charge in [0.1, 0.15) is 4.88 Å². The molecule has 5 rings (SSSR count). The van der Waals surface area contributed by atoms with Crippen molar-refractivity contribution < 1.29 is 27.6 Å². The molecule has 0 radical (unpaired) electrons. The van der Waals surface area contributed by atoms with Crippen molar-refractivity contribution in [2.75, 3.05) is 0 Å². The Hall–Kier alpha value is -4.25. The highest BCUT2D eigenvalue weighted by Crippen LogP contribution is 2.45. The van der Waals surface area contributed by atoms with Crippen LogP contribution in [0.5, 0.6) is 0 Å². The molecule has 35 heavy (non-hydrogen) atoms. The Kier molecular flexibility index (Phi) is 5.69. The molecule has 0 unspecified atom stereocenters. The van der Waals surface area contributed by atoms with Gasteiger partial charge in [-0.2, -0.15) is 23.3 Å². The van der Waals surface area contributed by atoms with Crippen molar-refractivity contribution in [1.29, 1.82) is 0 Å². The molecule has 7 nitrogen and oxygen atoms in total. The SMILES string of the molecule is O=C([O-])c1cnn(Cc2ccc(-c3noc(-c4cc(-c5ccccc5)c(C(F)(F)F)s4)n3)cc2)c1. The van der Waals surface area contributed by atoms with Gasteiger partial charge in [-0.15, -0.1) is 11.3 Å². The molecule has 0 N–H and O–H groups in total. The number of hydrogen-bond donors (Lipinski definition) is 0. The Labute approximate surface area is 200 Å². The van der Waals surface area contributed by atoms with Gasteiger partial charge in [0.05, 0.1) is 23.6 Å². The summed E-state index contributed by atoms with van der Waals surface area (Å²) in [6, 6.07) is 16.8. The van der Waals surface area contributed by atoms with Crippen LogP contribution in [0.1, 0.15) is 20.8 Å². The lowest BCUT2D eigenvalue weighted by Gasteiger charge is -2.07. The summed E-state index contributed by atoms with van der Waals surface area (Å²) in [5.74, 6) is -1.08. The van der Waals surface area contributed by atoms with Crippen LogP contribution in [0.25, 0.3) is 33.3 Å². The van der Waals surface area contributed by atoms with E-state index in [4.69, 9.17) is 4.52 Å². The second kappa shape index (κ2) is 8.84. The summed E-state index contributed by atoms with van der Waals surface area (Å²) in [4.78, 5) is 14.6. The summed E-state index contributed by atoms with van der Waals surface area (Å²) in [7, 11) is 0. The lowest BCUT2D eigenvalue weighted by Crippen LogP contribution is -2.21. The zero-order chi connectivity index (χ0) is 24.6. The first-order chi connectivity index (χ1) is 16.8. The van der Waals surface area contributed by atoms with Gasteiger partial charge in [-0.05, 0) is 17.2 Å². The molecule has 0 amide bonds. The maximum absolute atomic E-state index is 13.7. The summed E-state index contributed by atoms with van der Waals surface area (Å²) in [5.41, 5.74) is 1.93. The van der Waals surface area contributed by atoms with E-state index in [2.05, 4.69) is 15.2 Å². The number of carboxylic acid groups (broad SMARTS) is 1. The average Bonchev–Trinajstić information content (AvgIpc) is 3.59. The van der Waals surface area contributed by atoms with Crippen molar-refractivity contribution in [3.8, 4) is 33.3 Å². The third kappa shape index (κ3) is 4.71. The summed E-state index contributed by atoms with van der Waals surface area (Å²) in [6.45, 7) is 0.336. The summed E-state index contributed by atoms with van der Waals surface area (Å²) >= 11 is 0.553. The molecular formula is C24H14F3N4O3S-. The number of nitrogens with zero attached hydrogens (tertiary/aromatic N) is 4. The van der Waals surface area contributed by atoms with Crippen LogP contribution in [0.4, 0.5) is 13.2 Å². The number of carboxylic acids is 1. The van der Waals surface area contributed by atoms with E-state index in [1.54, 1.807) is 54.6 Å². The average molecular weight is 495 g/mol. The van der Waals surface area contributed by atoms with E-state index in [1.807, 2.05) is 0 Å². The minimum absolute atomic E-state index is 0.00638. The minimum Gasteiger partial charge on any atom is -0.545 e. The first-order valence-corrected chi connectivity index (χ1v) is 11.0. The third-order valence-electron chi connectivity index (χ3n) is 5.14. The number of carbonyl (C=O) groups is 1. The topological polar surface area (TPSA) is 96.9 Å². The van der Waals surface area contributed by atoms with E-state index in [9.17, 15) is 23.1 Å². The van der Waals surface area contributed by atoms with Crippen LogP contribution in [0.3, 0.4) is 0 Å². The molecule has 176 valence electrons. The molecule has 3 heterocycles. The van der Waals surface area contributed by atoms with Crippen molar-refractivity contribution in [1.82, 2.24) is 19.9 Å². The highest BCUT2D eigenvalue weighted by atomic mass is 32.1. The van der Waals surface area contributed by atoms with Crippen LogP contribution in [0.15, 0.2) is 77.6 Å². The van der Waals surface area contributed by atoms with Crippen LogP contribution in [0, 0.1) is 0 Å². The van der Waals surface area contributed by atoms with Gasteiger partial charge in [-0.1, -0.05) is 59.8 Å². The lowest BCUT2D eigenvalue weighted by atomic mass is 10.1. The maximum atomic E-state index is 13.7. The molecule has 0 aliphatic rings. The van der Waals surface area contributed by atoms with Crippen LogP contribution >= 0.6 is 11.3 Å². The Bertz CT molecular complexity index is 1490. The fraction of sp³-hybridized carbons (Fsp3) is 0.0833. The molecule has 5 aromatic rings. The summed E-state index contributed by atoms with van der Waals surface area (Å²) in [6.07, 6.45) is -1.94. The molecule has 0 saturated carbocycles. The van der Waals surface area contributed by atoms with E-state index in [0.717, 1.165) is 5.56 Å². The molecule has 11 heteroatoms. The molecule has 0 spiro atoms. The largest absolute Gasteiger partial charge is 0.545 e. The fourth-order valence-electron chi connectivity index (χ4n) is 3.48. The second-order valence-electron chi connectivity index (χ2n) is 7.55. The molecule has 0 fully saturated rings. The number of aromatic nitrogens is 4. The number of rotatable bonds is 6. The smallest absolute Gasteiger partial charge is 0.426 e.